The van der Waals surface area contributed by atoms with Gasteiger partial charge in [-0.2, -0.15) is 13.2 Å². The van der Waals surface area contributed by atoms with Crippen LogP contribution in [0.25, 0.3) is 0 Å². The Morgan fingerprint density at radius 1 is 1.21 bits per heavy atom. The summed E-state index contributed by atoms with van der Waals surface area (Å²) in [5, 5.41) is 0.536. The number of hydrogen-bond donors (Lipinski definition) is 0. The Morgan fingerprint density at radius 2 is 1.93 bits per heavy atom. The molecule has 0 bridgehead atoms. The summed E-state index contributed by atoms with van der Waals surface area (Å²) in [4.78, 5) is 7.87. The zero-order chi connectivity index (χ0) is 21.3. The van der Waals surface area contributed by atoms with Gasteiger partial charge in [0.25, 0.3) is 0 Å². The van der Waals surface area contributed by atoms with Crippen LogP contribution in [0.5, 0.6) is 0 Å². The molecule has 160 valence electrons. The fourth-order valence-corrected chi connectivity index (χ4v) is 4.44. The number of hydrogen-bond acceptors (Lipinski definition) is 3. The maximum absolute atomic E-state index is 13.8. The Labute approximate surface area is 175 Å². The quantitative estimate of drug-likeness (QED) is 0.568. The van der Waals surface area contributed by atoms with Crippen molar-refractivity contribution in [1.29, 1.82) is 0 Å². The van der Waals surface area contributed by atoms with E-state index < -0.39 is 11.9 Å². The van der Waals surface area contributed by atoms with E-state index >= 15 is 0 Å². The predicted molar refractivity (Wildman–Crippen MR) is 111 cm³/mol. The molecule has 1 aliphatic rings. The van der Waals surface area contributed by atoms with Gasteiger partial charge in [-0.3, -0.25) is 0 Å². The second-order valence-corrected chi connectivity index (χ2v) is 8.27. The van der Waals surface area contributed by atoms with E-state index in [9.17, 15) is 13.2 Å². The number of nitrogens with zero attached hydrogens (tertiary/aromatic N) is 4. The summed E-state index contributed by atoms with van der Waals surface area (Å²) in [5.41, 5.74) is 2.13. The first-order valence-electron chi connectivity index (χ1n) is 10.0. The van der Waals surface area contributed by atoms with Gasteiger partial charge in [0.15, 0.2) is 5.69 Å². The molecule has 0 atom stereocenters. The summed E-state index contributed by atoms with van der Waals surface area (Å²) < 4.78 is 43.2. The number of unbranched alkanes of at least 4 members (excludes halogenated alkanes) is 1. The number of halogens is 4. The van der Waals surface area contributed by atoms with Crippen molar-refractivity contribution in [3.05, 3.63) is 39.7 Å². The Bertz CT molecular complexity index is 853. The highest BCUT2D eigenvalue weighted by atomic mass is 35.5. The van der Waals surface area contributed by atoms with E-state index in [0.717, 1.165) is 42.6 Å². The van der Waals surface area contributed by atoms with E-state index in [2.05, 4.69) is 11.9 Å². The van der Waals surface area contributed by atoms with Gasteiger partial charge in [-0.1, -0.05) is 31.0 Å². The number of anilines is 2. The smallest absolute Gasteiger partial charge is 0.312 e. The van der Waals surface area contributed by atoms with Crippen LogP contribution in [-0.4, -0.2) is 34.6 Å². The average molecular weight is 429 g/mol. The lowest BCUT2D eigenvalue weighted by Gasteiger charge is -2.32. The van der Waals surface area contributed by atoms with Crippen molar-refractivity contribution >= 4 is 23.2 Å². The van der Waals surface area contributed by atoms with Gasteiger partial charge in [-0.25, -0.2) is 4.98 Å². The third kappa shape index (κ3) is 4.56. The molecule has 1 aromatic carbocycles. The van der Waals surface area contributed by atoms with Crippen LogP contribution in [0.3, 0.4) is 0 Å². The molecule has 0 saturated heterocycles. The van der Waals surface area contributed by atoms with E-state index in [1.807, 2.05) is 42.8 Å². The molecule has 1 aliphatic heterocycles. The molecule has 0 spiro atoms. The van der Waals surface area contributed by atoms with Crippen LogP contribution < -0.4 is 4.90 Å². The number of alkyl halides is 3. The molecule has 2 aromatic rings. The molecule has 2 heterocycles. The van der Waals surface area contributed by atoms with Gasteiger partial charge in [0.05, 0.1) is 16.4 Å². The number of benzene rings is 1. The SMILES string of the molecule is CCCCN(C)Cc1c(C(F)(F)F)nc2n1CCCN2c1c(C)cc(C)cc1Cl. The molecule has 1 aromatic heterocycles. The standard InChI is InChI=1S/C21H28ClF3N4/c1-5-6-8-27(4)13-17-19(21(23,24)25)26-20-28(17)9-7-10-29(20)18-15(3)11-14(2)12-16(18)22/h11-12H,5-10,13H2,1-4H3. The van der Waals surface area contributed by atoms with Crippen molar-refractivity contribution in [2.45, 2.75) is 59.3 Å². The molecular formula is C21H28ClF3N4. The lowest BCUT2D eigenvalue weighted by Crippen LogP contribution is -2.30. The largest absolute Gasteiger partial charge is 0.435 e. The summed E-state index contributed by atoms with van der Waals surface area (Å²) in [6.07, 6.45) is -1.82. The molecule has 0 unspecified atom stereocenters. The third-order valence-corrected chi connectivity index (χ3v) is 5.60. The lowest BCUT2D eigenvalue weighted by atomic mass is 10.1. The second kappa shape index (κ2) is 8.56. The summed E-state index contributed by atoms with van der Waals surface area (Å²) in [5.74, 6) is 0.330. The molecule has 0 radical (unpaired) electrons. The predicted octanol–water partition coefficient (Wildman–Crippen LogP) is 5.95. The van der Waals surface area contributed by atoms with Gasteiger partial charge < -0.3 is 14.4 Å². The Kier molecular flexibility index (Phi) is 6.48. The Morgan fingerprint density at radius 3 is 2.55 bits per heavy atom. The molecule has 0 amide bonds. The number of rotatable bonds is 6. The van der Waals surface area contributed by atoms with E-state index in [-0.39, 0.29) is 12.2 Å². The van der Waals surface area contributed by atoms with Gasteiger partial charge in [-0.15, -0.1) is 0 Å². The summed E-state index contributed by atoms with van der Waals surface area (Å²) in [6, 6.07) is 3.84. The number of fused-ring (bicyclic) bond motifs is 1. The van der Waals surface area contributed by atoms with Crippen molar-refractivity contribution in [1.82, 2.24) is 14.5 Å². The fraction of sp³-hybridized carbons (Fsp3) is 0.571. The average Bonchev–Trinajstić information content (AvgIpc) is 2.99. The highest BCUT2D eigenvalue weighted by Gasteiger charge is 2.41. The minimum Gasteiger partial charge on any atom is -0.312 e. The monoisotopic (exact) mass is 428 g/mol. The topological polar surface area (TPSA) is 24.3 Å². The molecule has 0 aliphatic carbocycles. The Hall–Kier alpha value is -1.73. The molecule has 0 saturated carbocycles. The van der Waals surface area contributed by atoms with Gasteiger partial charge in [0.2, 0.25) is 5.95 Å². The molecule has 3 rings (SSSR count). The van der Waals surface area contributed by atoms with Crippen LogP contribution in [0.2, 0.25) is 5.02 Å². The van der Waals surface area contributed by atoms with E-state index in [0.29, 0.717) is 24.1 Å². The van der Waals surface area contributed by atoms with Crippen LogP contribution >= 0.6 is 11.6 Å². The fourth-order valence-electron chi connectivity index (χ4n) is 4.01. The van der Waals surface area contributed by atoms with Gasteiger partial charge >= 0.3 is 6.18 Å². The number of aryl methyl sites for hydroxylation is 2. The number of aromatic nitrogens is 2. The van der Waals surface area contributed by atoms with Crippen molar-refractivity contribution in [3.63, 3.8) is 0 Å². The Balaban J connectivity index is 2.08. The van der Waals surface area contributed by atoms with Crippen molar-refractivity contribution in [2.75, 3.05) is 25.0 Å². The van der Waals surface area contributed by atoms with Crippen LogP contribution in [0.4, 0.5) is 24.8 Å². The highest BCUT2D eigenvalue weighted by Crippen LogP contribution is 2.41. The molecule has 4 nitrogen and oxygen atoms in total. The van der Waals surface area contributed by atoms with Crippen LogP contribution in [-0.2, 0) is 19.3 Å². The van der Waals surface area contributed by atoms with Crippen molar-refractivity contribution in [2.24, 2.45) is 0 Å². The lowest BCUT2D eigenvalue weighted by molar-refractivity contribution is -0.141. The van der Waals surface area contributed by atoms with Gasteiger partial charge in [0, 0.05) is 19.6 Å². The molecule has 8 heteroatoms. The maximum atomic E-state index is 13.8. The van der Waals surface area contributed by atoms with Crippen molar-refractivity contribution in [3.8, 4) is 0 Å². The number of imidazole rings is 1. The first-order valence-corrected chi connectivity index (χ1v) is 10.4. The first-order chi connectivity index (χ1) is 13.6. The molecule has 0 fully saturated rings. The minimum atomic E-state index is -4.50. The van der Waals surface area contributed by atoms with Crippen molar-refractivity contribution < 1.29 is 13.2 Å². The van der Waals surface area contributed by atoms with E-state index in [4.69, 9.17) is 11.6 Å². The highest BCUT2D eigenvalue weighted by molar-refractivity contribution is 6.33. The van der Waals surface area contributed by atoms with E-state index in [1.54, 1.807) is 4.57 Å². The third-order valence-electron chi connectivity index (χ3n) is 5.31. The molecule has 0 N–H and O–H groups in total. The summed E-state index contributed by atoms with van der Waals surface area (Å²) >= 11 is 6.50. The van der Waals surface area contributed by atoms with E-state index in [1.165, 1.54) is 0 Å². The normalized spacial score (nSPS) is 14.6. The second-order valence-electron chi connectivity index (χ2n) is 7.87. The van der Waals surface area contributed by atoms with Gasteiger partial charge in [0.1, 0.15) is 0 Å². The zero-order valence-electron chi connectivity index (χ0n) is 17.4. The summed E-state index contributed by atoms with van der Waals surface area (Å²) in [6.45, 7) is 8.03. The van der Waals surface area contributed by atoms with Crippen LogP contribution in [0.15, 0.2) is 12.1 Å². The zero-order valence-corrected chi connectivity index (χ0v) is 18.2. The van der Waals surface area contributed by atoms with Crippen LogP contribution in [0.1, 0.15) is 48.7 Å². The summed E-state index contributed by atoms with van der Waals surface area (Å²) in [7, 11) is 1.86. The molecule has 29 heavy (non-hydrogen) atoms. The van der Waals surface area contributed by atoms with Gasteiger partial charge in [-0.05, 0) is 57.5 Å². The minimum absolute atomic E-state index is 0.219. The maximum Gasteiger partial charge on any atom is 0.435 e. The van der Waals surface area contributed by atoms with Crippen LogP contribution in [0, 0.1) is 13.8 Å². The molecular weight excluding hydrogens is 401 g/mol. The first kappa shape index (κ1) is 22.0.